The van der Waals surface area contributed by atoms with Gasteiger partial charge in [-0.15, -0.1) is 11.3 Å². The molecule has 2 unspecified atom stereocenters. The van der Waals surface area contributed by atoms with E-state index in [-0.39, 0.29) is 11.5 Å². The van der Waals surface area contributed by atoms with Gasteiger partial charge in [0.2, 0.25) is 0 Å². The molecule has 0 amide bonds. The minimum Gasteiger partial charge on any atom is -0.504 e. The summed E-state index contributed by atoms with van der Waals surface area (Å²) in [5.41, 5.74) is 5.18. The maximum absolute atomic E-state index is 9.91. The fraction of sp³-hybridized carbons (Fsp3) is 0.412. The van der Waals surface area contributed by atoms with Crippen LogP contribution in [0.2, 0.25) is 0 Å². The first-order valence-electron chi connectivity index (χ1n) is 7.43. The Labute approximate surface area is 128 Å². The van der Waals surface area contributed by atoms with Crippen LogP contribution in [0.4, 0.5) is 0 Å². The van der Waals surface area contributed by atoms with E-state index in [0.29, 0.717) is 12.0 Å². The minimum atomic E-state index is -0.00785. The molecule has 4 heteroatoms. The molecular formula is C17H19NO2S. The molecule has 3 N–H and O–H groups in total. The second-order valence-corrected chi connectivity index (χ2v) is 7.43. The van der Waals surface area contributed by atoms with Crippen LogP contribution in [0.15, 0.2) is 12.1 Å². The Kier molecular flexibility index (Phi) is 2.81. The van der Waals surface area contributed by atoms with Crippen molar-refractivity contribution in [2.24, 2.45) is 0 Å². The van der Waals surface area contributed by atoms with Crippen LogP contribution in [-0.4, -0.2) is 16.3 Å². The van der Waals surface area contributed by atoms with Gasteiger partial charge in [0.1, 0.15) is 0 Å². The van der Waals surface area contributed by atoms with Crippen LogP contribution < -0.4 is 5.32 Å². The van der Waals surface area contributed by atoms with Crippen molar-refractivity contribution in [2.75, 3.05) is 0 Å². The largest absolute Gasteiger partial charge is 0.504 e. The summed E-state index contributed by atoms with van der Waals surface area (Å²) in [7, 11) is 0. The zero-order valence-corrected chi connectivity index (χ0v) is 13.0. The lowest BCUT2D eigenvalue weighted by molar-refractivity contribution is 0.382. The van der Waals surface area contributed by atoms with Crippen LogP contribution in [-0.2, 0) is 13.0 Å². The Balaban J connectivity index is 1.93. The molecule has 1 aromatic heterocycles. The Hall–Kier alpha value is -1.52. The summed E-state index contributed by atoms with van der Waals surface area (Å²) in [5.74, 6) is 0.294. The van der Waals surface area contributed by atoms with Gasteiger partial charge in [-0.25, -0.2) is 0 Å². The summed E-state index contributed by atoms with van der Waals surface area (Å²) in [6, 6.07) is 3.94. The van der Waals surface area contributed by atoms with Gasteiger partial charge in [0.15, 0.2) is 11.5 Å². The van der Waals surface area contributed by atoms with E-state index in [1.54, 1.807) is 12.1 Å². The molecule has 0 saturated heterocycles. The number of aryl methyl sites for hydroxylation is 2. The lowest BCUT2D eigenvalue weighted by atomic mass is 9.75. The van der Waals surface area contributed by atoms with Crippen LogP contribution in [0.1, 0.15) is 44.3 Å². The van der Waals surface area contributed by atoms with E-state index in [4.69, 9.17) is 0 Å². The molecule has 3 nitrogen and oxygen atoms in total. The summed E-state index contributed by atoms with van der Waals surface area (Å²) in [6.45, 7) is 5.34. The van der Waals surface area contributed by atoms with Gasteiger partial charge in [-0.3, -0.25) is 0 Å². The van der Waals surface area contributed by atoms with Crippen LogP contribution >= 0.6 is 11.3 Å². The van der Waals surface area contributed by atoms with Crippen molar-refractivity contribution in [2.45, 2.75) is 45.2 Å². The first-order chi connectivity index (χ1) is 10.1. The monoisotopic (exact) mass is 301 g/mol. The van der Waals surface area contributed by atoms with Gasteiger partial charge in [-0.2, -0.15) is 0 Å². The lowest BCUT2D eigenvalue weighted by Crippen LogP contribution is -2.42. The van der Waals surface area contributed by atoms with Crippen LogP contribution in [0, 0.1) is 13.8 Å². The van der Waals surface area contributed by atoms with Gasteiger partial charge in [0.05, 0.1) is 0 Å². The van der Waals surface area contributed by atoms with Crippen LogP contribution in [0.5, 0.6) is 11.5 Å². The molecule has 1 aliphatic carbocycles. The van der Waals surface area contributed by atoms with Crippen molar-refractivity contribution in [1.29, 1.82) is 0 Å². The van der Waals surface area contributed by atoms with E-state index >= 15 is 0 Å². The zero-order valence-electron chi connectivity index (χ0n) is 12.2. The summed E-state index contributed by atoms with van der Waals surface area (Å²) in [6.07, 6.45) is 2.04. The van der Waals surface area contributed by atoms with Crippen LogP contribution in [0.25, 0.3) is 0 Å². The van der Waals surface area contributed by atoms with E-state index in [1.165, 1.54) is 32.0 Å². The van der Waals surface area contributed by atoms with E-state index < -0.39 is 0 Å². The second-order valence-electron chi connectivity index (χ2n) is 6.17. The number of thiophene rings is 1. The molecule has 1 aromatic carbocycles. The number of aromatic hydroxyl groups is 2. The maximum Gasteiger partial charge on any atom is 0.157 e. The Morgan fingerprint density at radius 1 is 1.19 bits per heavy atom. The smallest absolute Gasteiger partial charge is 0.157 e. The van der Waals surface area contributed by atoms with Crippen molar-refractivity contribution in [1.82, 2.24) is 5.32 Å². The molecule has 21 heavy (non-hydrogen) atoms. The molecule has 0 saturated carbocycles. The normalized spacial score (nSPS) is 23.3. The molecule has 1 aliphatic heterocycles. The predicted octanol–water partition coefficient (Wildman–Crippen LogP) is 3.33. The number of nitrogens with one attached hydrogen (secondary N) is 1. The van der Waals surface area contributed by atoms with E-state index in [0.717, 1.165) is 19.4 Å². The SMILES string of the molecule is Cc1sc2c(c1C)CNC1CCc3cc(O)c(O)cc3C21. The van der Waals surface area contributed by atoms with Gasteiger partial charge < -0.3 is 15.5 Å². The molecule has 0 spiro atoms. The number of hydrogen-bond donors (Lipinski definition) is 3. The topological polar surface area (TPSA) is 52.5 Å². The molecule has 2 aliphatic rings. The molecule has 2 aromatic rings. The van der Waals surface area contributed by atoms with Crippen molar-refractivity contribution in [3.63, 3.8) is 0 Å². The molecule has 110 valence electrons. The minimum absolute atomic E-state index is 0.00488. The van der Waals surface area contributed by atoms with Crippen molar-refractivity contribution in [3.8, 4) is 11.5 Å². The molecule has 0 radical (unpaired) electrons. The number of phenolic OH excluding ortho intramolecular Hbond substituents is 2. The van der Waals surface area contributed by atoms with E-state index in [1.807, 2.05) is 11.3 Å². The number of rotatable bonds is 0. The molecule has 4 rings (SSSR count). The summed E-state index contributed by atoms with van der Waals surface area (Å²) in [5, 5.41) is 23.3. The predicted molar refractivity (Wildman–Crippen MR) is 84.4 cm³/mol. The average molecular weight is 301 g/mol. The molecular weight excluding hydrogens is 282 g/mol. The van der Waals surface area contributed by atoms with Crippen molar-refractivity contribution in [3.05, 3.63) is 44.1 Å². The molecule has 2 atom stereocenters. The molecule has 0 bridgehead atoms. The molecule has 2 heterocycles. The average Bonchev–Trinajstić information content (AvgIpc) is 2.75. The Morgan fingerprint density at radius 2 is 1.95 bits per heavy atom. The van der Waals surface area contributed by atoms with Gasteiger partial charge in [0.25, 0.3) is 0 Å². The van der Waals surface area contributed by atoms with E-state index in [2.05, 4.69) is 19.2 Å². The van der Waals surface area contributed by atoms with Crippen LogP contribution in [0.3, 0.4) is 0 Å². The summed E-state index contributed by atoms with van der Waals surface area (Å²) in [4.78, 5) is 2.83. The first-order valence-corrected chi connectivity index (χ1v) is 8.24. The number of fused-ring (bicyclic) bond motifs is 5. The number of hydrogen-bond acceptors (Lipinski definition) is 4. The summed E-state index contributed by atoms with van der Waals surface area (Å²) >= 11 is 1.89. The highest BCUT2D eigenvalue weighted by atomic mass is 32.1. The third-order valence-corrected chi connectivity index (χ3v) is 6.40. The maximum atomic E-state index is 9.91. The third-order valence-electron chi connectivity index (χ3n) is 5.06. The van der Waals surface area contributed by atoms with Gasteiger partial charge in [-0.1, -0.05) is 0 Å². The van der Waals surface area contributed by atoms with Gasteiger partial charge >= 0.3 is 0 Å². The summed E-state index contributed by atoms with van der Waals surface area (Å²) < 4.78 is 0. The van der Waals surface area contributed by atoms with Crippen molar-refractivity contribution < 1.29 is 10.2 Å². The van der Waals surface area contributed by atoms with Gasteiger partial charge in [-0.05, 0) is 61.1 Å². The fourth-order valence-electron chi connectivity index (χ4n) is 3.78. The molecule has 0 fully saturated rings. The standard InChI is InChI=1S/C17H19NO2S/c1-8-9(2)21-17-12(8)7-18-13-4-3-10-5-14(19)15(20)6-11(10)16(13)17/h5-6,13,16,18-20H,3-4,7H2,1-2H3. The zero-order chi connectivity index (χ0) is 14.7. The lowest BCUT2D eigenvalue weighted by Gasteiger charge is -2.38. The number of phenols is 2. The Bertz CT molecular complexity index is 735. The highest BCUT2D eigenvalue weighted by molar-refractivity contribution is 7.12. The van der Waals surface area contributed by atoms with Crippen molar-refractivity contribution >= 4 is 11.3 Å². The third kappa shape index (κ3) is 1.82. The second kappa shape index (κ2) is 4.49. The highest BCUT2D eigenvalue weighted by Gasteiger charge is 2.37. The first kappa shape index (κ1) is 13.2. The Morgan fingerprint density at radius 3 is 2.76 bits per heavy atom. The van der Waals surface area contributed by atoms with Gasteiger partial charge in [0, 0.05) is 28.3 Å². The highest BCUT2D eigenvalue weighted by Crippen LogP contribution is 2.47. The quantitative estimate of drug-likeness (QED) is 0.654. The van der Waals surface area contributed by atoms with E-state index in [9.17, 15) is 10.2 Å². The fourth-order valence-corrected chi connectivity index (χ4v) is 5.16. The number of benzene rings is 1.